The molecule has 0 saturated carbocycles. The van der Waals surface area contributed by atoms with Crippen LogP contribution in [0.2, 0.25) is 0 Å². The first kappa shape index (κ1) is 25.8. The van der Waals surface area contributed by atoms with Crippen molar-refractivity contribution in [2.24, 2.45) is 0 Å². The molecule has 2 amide bonds. The number of carbonyl (C=O) groups excluding carboxylic acids is 2. The molecule has 5 rings (SSSR count). The first-order valence-corrected chi connectivity index (χ1v) is 12.2. The molecule has 2 unspecified atom stereocenters. The number of fused-ring (bicyclic) bond motifs is 3. The smallest absolute Gasteiger partial charge is 0.383 e. The highest BCUT2D eigenvalue weighted by Crippen LogP contribution is 2.36. The van der Waals surface area contributed by atoms with Crippen molar-refractivity contribution >= 4 is 61.3 Å². The number of alkyl halides is 4. The molecule has 1 fully saturated rings. The monoisotopic (exact) mass is 593 g/mol. The van der Waals surface area contributed by atoms with E-state index in [0.717, 1.165) is 23.4 Å². The predicted molar refractivity (Wildman–Crippen MR) is 135 cm³/mol. The highest BCUT2D eigenvalue weighted by molar-refractivity contribution is 9.10. The molecule has 3 N–H and O–H groups in total. The Morgan fingerprint density at radius 1 is 1.21 bits per heavy atom. The van der Waals surface area contributed by atoms with E-state index >= 15 is 0 Å². The van der Waals surface area contributed by atoms with E-state index in [1.807, 2.05) is 0 Å². The van der Waals surface area contributed by atoms with E-state index in [0.29, 0.717) is 10.2 Å². The Kier molecular flexibility index (Phi) is 6.45. The Morgan fingerprint density at radius 2 is 1.97 bits per heavy atom. The summed E-state index contributed by atoms with van der Waals surface area (Å²) in [5.41, 5.74) is 6.16. The number of nitrogens with two attached hydrogens (primary N) is 1. The first-order valence-electron chi connectivity index (χ1n) is 11.4. The molecule has 0 bridgehead atoms. The summed E-state index contributed by atoms with van der Waals surface area (Å²) in [6.45, 7) is 1.02. The first-order chi connectivity index (χ1) is 17.9. The molecular weight excluding hydrogens is 574 g/mol. The quantitative estimate of drug-likeness (QED) is 0.270. The van der Waals surface area contributed by atoms with Crippen LogP contribution in [-0.2, 0) is 22.3 Å². The van der Waals surface area contributed by atoms with Gasteiger partial charge in [0.2, 0.25) is 11.8 Å². The minimum atomic E-state index is -4.60. The second-order valence-corrected chi connectivity index (χ2v) is 9.77. The highest BCUT2D eigenvalue weighted by Gasteiger charge is 2.40. The van der Waals surface area contributed by atoms with Crippen molar-refractivity contribution in [3.05, 3.63) is 52.4 Å². The maximum Gasteiger partial charge on any atom is 0.416 e. The number of anilines is 2. The molecule has 1 saturated heterocycles. The summed E-state index contributed by atoms with van der Waals surface area (Å²) in [5.74, 6) is -0.991. The number of rotatable bonds is 4. The van der Waals surface area contributed by atoms with Crippen molar-refractivity contribution in [1.29, 1.82) is 0 Å². The van der Waals surface area contributed by atoms with Gasteiger partial charge in [-0.2, -0.15) is 13.2 Å². The van der Waals surface area contributed by atoms with Crippen LogP contribution in [-0.4, -0.2) is 55.0 Å². The third-order valence-electron chi connectivity index (χ3n) is 6.47. The zero-order valence-corrected chi connectivity index (χ0v) is 21.3. The molecule has 1 aliphatic rings. The summed E-state index contributed by atoms with van der Waals surface area (Å²) in [7, 11) is 0. The van der Waals surface area contributed by atoms with Gasteiger partial charge in [0.05, 0.1) is 23.0 Å². The van der Waals surface area contributed by atoms with E-state index < -0.39 is 42.3 Å². The molecule has 0 radical (unpaired) electrons. The third kappa shape index (κ3) is 4.64. The van der Waals surface area contributed by atoms with Gasteiger partial charge < -0.3 is 20.5 Å². The minimum absolute atomic E-state index is 0.0512. The van der Waals surface area contributed by atoms with Gasteiger partial charge in [0.15, 0.2) is 0 Å². The van der Waals surface area contributed by atoms with Gasteiger partial charge in [-0.25, -0.2) is 19.3 Å². The number of hydrogen-bond donors (Lipinski definition) is 2. The summed E-state index contributed by atoms with van der Waals surface area (Å²) < 4.78 is 56.5. The van der Waals surface area contributed by atoms with Gasteiger partial charge in [-0.1, -0.05) is 6.07 Å². The molecule has 4 aromatic rings. The topological polar surface area (TPSA) is 119 Å². The highest BCUT2D eigenvalue weighted by atomic mass is 79.9. The molecule has 1 aromatic carbocycles. The number of aryl methyl sites for hydroxylation is 1. The molecular formula is C24H20BrF4N7O2. The molecule has 2 atom stereocenters. The van der Waals surface area contributed by atoms with Crippen LogP contribution in [0.4, 0.5) is 29.2 Å². The van der Waals surface area contributed by atoms with Crippen LogP contribution in [0.25, 0.3) is 21.9 Å². The number of halogens is 5. The van der Waals surface area contributed by atoms with Crippen molar-refractivity contribution < 1.29 is 27.2 Å². The Bertz CT molecular complexity index is 1590. The van der Waals surface area contributed by atoms with Crippen LogP contribution in [0.15, 0.2) is 41.3 Å². The minimum Gasteiger partial charge on any atom is -0.383 e. The number of nitrogen functional groups attached to an aromatic ring is 1. The van der Waals surface area contributed by atoms with Gasteiger partial charge in [-0.3, -0.25) is 9.59 Å². The molecule has 14 heteroatoms. The second kappa shape index (κ2) is 9.49. The van der Waals surface area contributed by atoms with Crippen LogP contribution >= 0.6 is 15.9 Å². The maximum atomic E-state index is 14.5. The number of hydrogen-bond acceptors (Lipinski definition) is 6. The Morgan fingerprint density at radius 3 is 2.71 bits per heavy atom. The Labute approximate surface area is 221 Å². The van der Waals surface area contributed by atoms with Crippen molar-refractivity contribution in [2.45, 2.75) is 38.3 Å². The van der Waals surface area contributed by atoms with E-state index in [4.69, 9.17) is 5.73 Å². The summed E-state index contributed by atoms with van der Waals surface area (Å²) >= 11 is 3.24. The SMILES string of the molecule is Cc1ccc(Br)nc1NC(=O)C1CC(F)CN1C(=O)Cn1c2ccc(C(F)(F)F)cc2c2c(N)ncnc21. The van der Waals surface area contributed by atoms with Crippen LogP contribution in [0.1, 0.15) is 17.5 Å². The fourth-order valence-corrected chi connectivity index (χ4v) is 4.95. The van der Waals surface area contributed by atoms with Gasteiger partial charge in [-0.15, -0.1) is 0 Å². The van der Waals surface area contributed by atoms with Crippen LogP contribution < -0.4 is 11.1 Å². The number of nitrogens with zero attached hydrogens (tertiary/aromatic N) is 5. The van der Waals surface area contributed by atoms with E-state index in [1.54, 1.807) is 19.1 Å². The maximum absolute atomic E-state index is 14.5. The Hall–Kier alpha value is -3.81. The average Bonchev–Trinajstić information content (AvgIpc) is 3.39. The molecule has 198 valence electrons. The van der Waals surface area contributed by atoms with Gasteiger partial charge in [0.25, 0.3) is 0 Å². The van der Waals surface area contributed by atoms with Gasteiger partial charge in [0.1, 0.15) is 47.0 Å². The van der Waals surface area contributed by atoms with Crippen LogP contribution in [0.3, 0.4) is 0 Å². The summed E-state index contributed by atoms with van der Waals surface area (Å²) in [5, 5.41) is 2.94. The standard InChI is InChI=1S/C24H20BrF4N7O2/c1-11-2-5-17(25)33-21(11)34-23(38)16-7-13(26)8-35(16)18(37)9-36-15-4-3-12(24(27,28)29)6-14(15)19-20(30)31-10-32-22(19)36/h2-6,10,13,16H,7-9H2,1H3,(H2,30,31,32)(H,33,34,38). The molecule has 9 nitrogen and oxygen atoms in total. The lowest BCUT2D eigenvalue weighted by Crippen LogP contribution is -2.44. The number of benzene rings is 1. The molecule has 38 heavy (non-hydrogen) atoms. The number of amides is 2. The number of aromatic nitrogens is 4. The van der Waals surface area contributed by atoms with Gasteiger partial charge in [-0.05, 0) is 52.7 Å². The van der Waals surface area contributed by atoms with E-state index in [9.17, 15) is 27.2 Å². The molecule has 0 spiro atoms. The van der Waals surface area contributed by atoms with E-state index in [1.165, 1.54) is 10.6 Å². The summed E-state index contributed by atoms with van der Waals surface area (Å²) in [6.07, 6.45) is -5.10. The number of nitrogens with one attached hydrogen (secondary N) is 1. The lowest BCUT2D eigenvalue weighted by atomic mass is 10.1. The lowest BCUT2D eigenvalue weighted by Gasteiger charge is -2.24. The van der Waals surface area contributed by atoms with Crippen molar-refractivity contribution in [3.8, 4) is 0 Å². The van der Waals surface area contributed by atoms with E-state index in [-0.39, 0.29) is 46.5 Å². The van der Waals surface area contributed by atoms with Crippen molar-refractivity contribution in [2.75, 3.05) is 17.6 Å². The van der Waals surface area contributed by atoms with Gasteiger partial charge >= 0.3 is 6.18 Å². The van der Waals surface area contributed by atoms with E-state index in [2.05, 4.69) is 36.2 Å². The summed E-state index contributed by atoms with van der Waals surface area (Å²) in [4.78, 5) is 39.9. The number of pyridine rings is 1. The van der Waals surface area contributed by atoms with Crippen molar-refractivity contribution in [3.63, 3.8) is 0 Å². The zero-order valence-electron chi connectivity index (χ0n) is 19.8. The van der Waals surface area contributed by atoms with Crippen molar-refractivity contribution in [1.82, 2.24) is 24.4 Å². The molecule has 0 aliphatic carbocycles. The largest absolute Gasteiger partial charge is 0.416 e. The predicted octanol–water partition coefficient (Wildman–Crippen LogP) is 4.23. The van der Waals surface area contributed by atoms with Gasteiger partial charge in [0, 0.05) is 11.8 Å². The number of carbonyl (C=O) groups is 2. The van der Waals surface area contributed by atoms with Crippen LogP contribution in [0.5, 0.6) is 0 Å². The van der Waals surface area contributed by atoms with Crippen LogP contribution in [0, 0.1) is 6.92 Å². The lowest BCUT2D eigenvalue weighted by molar-refractivity contribution is -0.137. The third-order valence-corrected chi connectivity index (χ3v) is 6.91. The molecule has 3 aromatic heterocycles. The molecule has 1 aliphatic heterocycles. The zero-order chi connectivity index (χ0) is 27.4. The second-order valence-electron chi connectivity index (χ2n) is 8.96. The number of likely N-dealkylation sites (tertiary alicyclic amines) is 1. The fraction of sp³-hybridized carbons (Fsp3) is 0.292. The average molecular weight is 594 g/mol. The fourth-order valence-electron chi connectivity index (χ4n) is 4.64. The summed E-state index contributed by atoms with van der Waals surface area (Å²) in [6, 6.07) is 5.37. The molecule has 4 heterocycles. The Balaban J connectivity index is 1.49. The normalized spacial score (nSPS) is 17.9.